The van der Waals surface area contributed by atoms with Crippen molar-refractivity contribution in [1.82, 2.24) is 0 Å². The van der Waals surface area contributed by atoms with Gasteiger partial charge in [0.15, 0.2) is 5.78 Å². The van der Waals surface area contributed by atoms with E-state index in [2.05, 4.69) is 15.9 Å². The van der Waals surface area contributed by atoms with Gasteiger partial charge in [-0.3, -0.25) is 4.79 Å². The highest BCUT2D eigenvalue weighted by Crippen LogP contribution is 2.20. The number of anilines is 1. The second kappa shape index (κ2) is 4.94. The average molecular weight is 304 g/mol. The van der Waals surface area contributed by atoms with Crippen molar-refractivity contribution in [3.8, 4) is 0 Å². The zero-order valence-corrected chi connectivity index (χ0v) is 11.9. The summed E-state index contributed by atoms with van der Waals surface area (Å²) >= 11 is 3.41. The second-order valence-corrected chi connectivity index (χ2v) is 5.33. The van der Waals surface area contributed by atoms with E-state index in [-0.39, 0.29) is 5.78 Å². The van der Waals surface area contributed by atoms with Crippen LogP contribution in [0.3, 0.4) is 0 Å². The first kappa shape index (κ1) is 12.8. The summed E-state index contributed by atoms with van der Waals surface area (Å²) in [5.41, 5.74) is 9.79. The van der Waals surface area contributed by atoms with Crippen LogP contribution < -0.4 is 5.73 Å². The van der Waals surface area contributed by atoms with Crippen molar-refractivity contribution in [3.05, 3.63) is 63.1 Å². The third-order valence-corrected chi connectivity index (χ3v) is 3.29. The number of aryl methyl sites for hydroxylation is 2. The molecule has 0 radical (unpaired) electrons. The Morgan fingerprint density at radius 1 is 1.06 bits per heavy atom. The van der Waals surface area contributed by atoms with Crippen molar-refractivity contribution in [1.29, 1.82) is 0 Å². The van der Waals surface area contributed by atoms with Crippen LogP contribution in [0.4, 0.5) is 5.69 Å². The highest BCUT2D eigenvalue weighted by Gasteiger charge is 2.11. The lowest BCUT2D eigenvalue weighted by molar-refractivity contribution is 0.103. The van der Waals surface area contributed by atoms with Crippen LogP contribution in [0.5, 0.6) is 0 Å². The van der Waals surface area contributed by atoms with Crippen LogP contribution >= 0.6 is 15.9 Å². The monoisotopic (exact) mass is 303 g/mol. The fourth-order valence-electron chi connectivity index (χ4n) is 1.85. The van der Waals surface area contributed by atoms with Gasteiger partial charge >= 0.3 is 0 Å². The smallest absolute Gasteiger partial charge is 0.193 e. The van der Waals surface area contributed by atoms with E-state index in [0.717, 1.165) is 15.6 Å². The van der Waals surface area contributed by atoms with Gasteiger partial charge in [0.25, 0.3) is 0 Å². The van der Waals surface area contributed by atoms with Gasteiger partial charge < -0.3 is 5.73 Å². The zero-order chi connectivity index (χ0) is 13.3. The Morgan fingerprint density at radius 3 is 2.39 bits per heavy atom. The number of nitrogen functional groups attached to an aromatic ring is 1. The first-order valence-corrected chi connectivity index (χ1v) is 6.44. The third kappa shape index (κ3) is 2.62. The van der Waals surface area contributed by atoms with E-state index >= 15 is 0 Å². The molecule has 0 aliphatic heterocycles. The minimum atomic E-state index is 0.0162. The molecule has 0 aliphatic rings. The molecule has 0 amide bonds. The summed E-state index contributed by atoms with van der Waals surface area (Å²) in [7, 11) is 0. The van der Waals surface area contributed by atoms with Gasteiger partial charge in [-0.15, -0.1) is 0 Å². The van der Waals surface area contributed by atoms with Crippen LogP contribution in [0.1, 0.15) is 27.0 Å². The minimum Gasteiger partial charge on any atom is -0.399 e. The maximum atomic E-state index is 12.4. The van der Waals surface area contributed by atoms with Crippen LogP contribution in [-0.2, 0) is 0 Å². The molecule has 0 saturated carbocycles. The topological polar surface area (TPSA) is 43.1 Å². The maximum absolute atomic E-state index is 12.4. The first-order valence-electron chi connectivity index (χ1n) is 5.65. The number of nitrogens with two attached hydrogens (primary N) is 1. The molecular weight excluding hydrogens is 290 g/mol. The third-order valence-electron chi connectivity index (χ3n) is 2.84. The summed E-state index contributed by atoms with van der Waals surface area (Å²) in [6, 6.07) is 11.1. The zero-order valence-electron chi connectivity index (χ0n) is 10.3. The van der Waals surface area contributed by atoms with Crippen LogP contribution in [0.15, 0.2) is 40.9 Å². The van der Waals surface area contributed by atoms with Crippen molar-refractivity contribution in [2.45, 2.75) is 13.8 Å². The van der Waals surface area contributed by atoms with E-state index in [1.807, 2.05) is 38.1 Å². The number of hydrogen-bond acceptors (Lipinski definition) is 2. The summed E-state index contributed by atoms with van der Waals surface area (Å²) in [6.45, 7) is 3.87. The van der Waals surface area contributed by atoms with Crippen molar-refractivity contribution >= 4 is 27.4 Å². The standard InChI is InChI=1S/C15H14BrNO/c1-9-5-12(8-13(16)6-9)15(18)11-3-4-14(17)10(2)7-11/h3-8H,17H2,1-2H3. The van der Waals surface area contributed by atoms with Crippen molar-refractivity contribution in [2.75, 3.05) is 5.73 Å². The molecule has 0 saturated heterocycles. The van der Waals surface area contributed by atoms with E-state index in [9.17, 15) is 4.79 Å². The molecule has 2 N–H and O–H groups in total. The van der Waals surface area contributed by atoms with Gasteiger partial charge in [-0.1, -0.05) is 15.9 Å². The summed E-state index contributed by atoms with van der Waals surface area (Å²) in [5, 5.41) is 0. The molecule has 0 spiro atoms. The molecule has 2 rings (SSSR count). The summed E-state index contributed by atoms with van der Waals surface area (Å²) in [5.74, 6) is 0.0162. The molecule has 2 nitrogen and oxygen atoms in total. The lowest BCUT2D eigenvalue weighted by atomic mass is 10.00. The number of hydrogen-bond donors (Lipinski definition) is 1. The van der Waals surface area contributed by atoms with E-state index in [1.54, 1.807) is 12.1 Å². The molecule has 0 bridgehead atoms. The lowest BCUT2D eigenvalue weighted by Gasteiger charge is -2.06. The fraction of sp³-hybridized carbons (Fsp3) is 0.133. The van der Waals surface area contributed by atoms with E-state index in [1.165, 1.54) is 0 Å². The minimum absolute atomic E-state index is 0.0162. The molecule has 2 aromatic rings. The van der Waals surface area contributed by atoms with Crippen molar-refractivity contribution in [3.63, 3.8) is 0 Å². The molecular formula is C15H14BrNO. The molecule has 0 atom stereocenters. The lowest BCUT2D eigenvalue weighted by Crippen LogP contribution is -2.03. The number of benzene rings is 2. The Labute approximate surface area is 115 Å². The molecule has 0 aliphatic carbocycles. The average Bonchev–Trinajstić information content (AvgIpc) is 2.30. The quantitative estimate of drug-likeness (QED) is 0.676. The Bertz CT molecular complexity index is 600. The summed E-state index contributed by atoms with van der Waals surface area (Å²) in [4.78, 5) is 12.4. The second-order valence-electron chi connectivity index (χ2n) is 4.42. The number of carbonyl (C=O) groups is 1. The number of ketones is 1. The number of rotatable bonds is 2. The van der Waals surface area contributed by atoms with Gasteiger partial charge in [0.05, 0.1) is 0 Å². The molecule has 3 heteroatoms. The number of halogens is 1. The van der Waals surface area contributed by atoms with E-state index in [4.69, 9.17) is 5.73 Å². The van der Waals surface area contributed by atoms with Gasteiger partial charge in [-0.25, -0.2) is 0 Å². The van der Waals surface area contributed by atoms with Crippen LogP contribution in [-0.4, -0.2) is 5.78 Å². The summed E-state index contributed by atoms with van der Waals surface area (Å²) in [6.07, 6.45) is 0. The molecule has 0 fully saturated rings. The Balaban J connectivity index is 2.44. The van der Waals surface area contributed by atoms with E-state index in [0.29, 0.717) is 16.8 Å². The predicted molar refractivity (Wildman–Crippen MR) is 77.9 cm³/mol. The van der Waals surface area contributed by atoms with Crippen LogP contribution in [0.2, 0.25) is 0 Å². The highest BCUT2D eigenvalue weighted by atomic mass is 79.9. The number of carbonyl (C=O) groups excluding carboxylic acids is 1. The normalized spacial score (nSPS) is 10.4. The van der Waals surface area contributed by atoms with Crippen LogP contribution in [0.25, 0.3) is 0 Å². The Hall–Kier alpha value is -1.61. The fourth-order valence-corrected chi connectivity index (χ4v) is 2.46. The molecule has 0 unspecified atom stereocenters. The van der Waals surface area contributed by atoms with Gasteiger partial charge in [-0.05, 0) is 61.4 Å². The van der Waals surface area contributed by atoms with Gasteiger partial charge in [-0.2, -0.15) is 0 Å². The molecule has 92 valence electrons. The summed E-state index contributed by atoms with van der Waals surface area (Å²) < 4.78 is 0.915. The largest absolute Gasteiger partial charge is 0.399 e. The van der Waals surface area contributed by atoms with Gasteiger partial charge in [0.2, 0.25) is 0 Å². The molecule has 2 aromatic carbocycles. The Kier molecular flexibility index (Phi) is 3.53. The Morgan fingerprint density at radius 2 is 1.78 bits per heavy atom. The first-order chi connectivity index (χ1) is 8.47. The highest BCUT2D eigenvalue weighted by molar-refractivity contribution is 9.10. The van der Waals surface area contributed by atoms with E-state index < -0.39 is 0 Å². The molecule has 18 heavy (non-hydrogen) atoms. The predicted octanol–water partition coefficient (Wildman–Crippen LogP) is 3.88. The SMILES string of the molecule is Cc1cc(Br)cc(C(=O)c2ccc(N)c(C)c2)c1. The van der Waals surface area contributed by atoms with Crippen LogP contribution in [0, 0.1) is 13.8 Å². The molecule has 0 aromatic heterocycles. The maximum Gasteiger partial charge on any atom is 0.193 e. The van der Waals surface area contributed by atoms with Gasteiger partial charge in [0.1, 0.15) is 0 Å². The van der Waals surface area contributed by atoms with Crippen molar-refractivity contribution < 1.29 is 4.79 Å². The molecule has 0 heterocycles. The van der Waals surface area contributed by atoms with Gasteiger partial charge in [0, 0.05) is 21.3 Å². The van der Waals surface area contributed by atoms with Crippen molar-refractivity contribution in [2.24, 2.45) is 0 Å².